The molecule has 0 aliphatic carbocycles. The molecule has 1 aromatic carbocycles. The van der Waals surface area contributed by atoms with E-state index in [1.54, 1.807) is 0 Å². The van der Waals surface area contributed by atoms with Crippen LogP contribution in [0, 0.1) is 15.9 Å². The highest BCUT2D eigenvalue weighted by atomic mass is 79.9. The zero-order valence-electron chi connectivity index (χ0n) is 8.84. The Morgan fingerprint density at radius 1 is 1.33 bits per heavy atom. The van der Waals surface area contributed by atoms with Crippen LogP contribution in [0.5, 0.6) is 11.5 Å². The first-order valence-corrected chi connectivity index (χ1v) is 5.58. The van der Waals surface area contributed by atoms with Gasteiger partial charge in [-0.25, -0.2) is 4.39 Å². The molecule has 18 heavy (non-hydrogen) atoms. The van der Waals surface area contributed by atoms with E-state index in [9.17, 15) is 14.5 Å². The van der Waals surface area contributed by atoms with Crippen LogP contribution in [0.15, 0.2) is 41.1 Å². The van der Waals surface area contributed by atoms with Crippen LogP contribution in [-0.2, 0) is 0 Å². The number of aromatic nitrogens is 1. The van der Waals surface area contributed by atoms with Crippen molar-refractivity contribution in [2.45, 2.75) is 0 Å². The summed E-state index contributed by atoms with van der Waals surface area (Å²) in [6, 6.07) is 5.16. The minimum Gasteiger partial charge on any atom is -0.449 e. The molecule has 0 saturated heterocycles. The lowest BCUT2D eigenvalue weighted by Gasteiger charge is -2.07. The second-order valence-corrected chi connectivity index (χ2v) is 4.13. The molecule has 1 aromatic heterocycles. The molecule has 2 aromatic rings. The summed E-state index contributed by atoms with van der Waals surface area (Å²) in [5, 5.41) is 10.8. The number of halogens is 2. The third-order valence-corrected chi connectivity index (χ3v) is 2.69. The Morgan fingerprint density at radius 3 is 2.78 bits per heavy atom. The maximum absolute atomic E-state index is 12.9. The predicted molar refractivity (Wildman–Crippen MR) is 65.1 cm³/mol. The molecule has 0 amide bonds. The lowest BCUT2D eigenvalue weighted by Crippen LogP contribution is -1.94. The summed E-state index contributed by atoms with van der Waals surface area (Å²) >= 11 is 3.12. The van der Waals surface area contributed by atoms with Gasteiger partial charge in [0.1, 0.15) is 17.8 Å². The Kier molecular flexibility index (Phi) is 3.52. The molecule has 5 nitrogen and oxygen atoms in total. The first kappa shape index (κ1) is 12.4. The molecule has 7 heteroatoms. The monoisotopic (exact) mass is 312 g/mol. The van der Waals surface area contributed by atoms with E-state index in [0.29, 0.717) is 4.47 Å². The average Bonchev–Trinajstić information content (AvgIpc) is 2.33. The first-order valence-electron chi connectivity index (χ1n) is 4.79. The number of rotatable bonds is 3. The molecular formula is C11H6BrFN2O3. The summed E-state index contributed by atoms with van der Waals surface area (Å²) < 4.78 is 18.6. The Balaban J connectivity index is 2.37. The van der Waals surface area contributed by atoms with Gasteiger partial charge in [0, 0.05) is 12.3 Å². The molecule has 0 unspecified atom stereocenters. The molecular weight excluding hydrogens is 307 g/mol. The molecule has 1 heterocycles. The van der Waals surface area contributed by atoms with Crippen molar-refractivity contribution in [1.82, 2.24) is 4.98 Å². The van der Waals surface area contributed by atoms with Crippen LogP contribution < -0.4 is 4.74 Å². The van der Waals surface area contributed by atoms with E-state index in [1.165, 1.54) is 30.5 Å². The average molecular weight is 313 g/mol. The van der Waals surface area contributed by atoms with Crippen molar-refractivity contribution in [3.05, 3.63) is 57.1 Å². The van der Waals surface area contributed by atoms with E-state index < -0.39 is 10.7 Å². The quantitative estimate of drug-likeness (QED) is 0.640. The van der Waals surface area contributed by atoms with Crippen molar-refractivity contribution in [3.63, 3.8) is 0 Å². The Labute approximate surface area is 110 Å². The van der Waals surface area contributed by atoms with Gasteiger partial charge in [-0.3, -0.25) is 15.1 Å². The number of hydrogen-bond acceptors (Lipinski definition) is 4. The fourth-order valence-corrected chi connectivity index (χ4v) is 1.71. The molecule has 0 atom stereocenters. The standard InChI is InChI=1S/C11H6BrFN2O3/c12-8-5-7(13)1-2-10(8)18-11-3-4-14-6-9(11)15(16)17/h1-6H. The van der Waals surface area contributed by atoms with Crippen molar-refractivity contribution in [1.29, 1.82) is 0 Å². The Hall–Kier alpha value is -2.02. The number of ether oxygens (including phenoxy) is 1. The van der Waals surface area contributed by atoms with Crippen LogP contribution in [0.2, 0.25) is 0 Å². The van der Waals surface area contributed by atoms with E-state index in [2.05, 4.69) is 20.9 Å². The smallest absolute Gasteiger partial charge is 0.329 e. The highest BCUT2D eigenvalue weighted by Gasteiger charge is 2.16. The molecule has 0 saturated carbocycles. The molecule has 0 radical (unpaired) electrons. The van der Waals surface area contributed by atoms with Crippen molar-refractivity contribution in [2.75, 3.05) is 0 Å². The van der Waals surface area contributed by atoms with Gasteiger partial charge in [-0.1, -0.05) is 0 Å². The van der Waals surface area contributed by atoms with Gasteiger partial charge in [0.05, 0.1) is 9.40 Å². The fraction of sp³-hybridized carbons (Fsp3) is 0. The van der Waals surface area contributed by atoms with E-state index in [1.807, 2.05) is 0 Å². The molecule has 0 spiro atoms. The van der Waals surface area contributed by atoms with E-state index in [-0.39, 0.29) is 17.2 Å². The van der Waals surface area contributed by atoms with Crippen LogP contribution in [0.3, 0.4) is 0 Å². The van der Waals surface area contributed by atoms with Crippen molar-refractivity contribution in [3.8, 4) is 11.5 Å². The summed E-state index contributed by atoms with van der Waals surface area (Å²) in [7, 11) is 0. The topological polar surface area (TPSA) is 65.3 Å². The van der Waals surface area contributed by atoms with Gasteiger partial charge in [0.2, 0.25) is 5.75 Å². The number of hydrogen-bond donors (Lipinski definition) is 0. The third-order valence-electron chi connectivity index (χ3n) is 2.07. The van der Waals surface area contributed by atoms with Crippen molar-refractivity contribution in [2.24, 2.45) is 0 Å². The van der Waals surface area contributed by atoms with Gasteiger partial charge in [0.15, 0.2) is 0 Å². The summed E-state index contributed by atoms with van der Waals surface area (Å²) in [5.41, 5.74) is -0.256. The minimum absolute atomic E-state index is 0.0438. The van der Waals surface area contributed by atoms with Gasteiger partial charge in [-0.05, 0) is 34.1 Å². The molecule has 0 aliphatic rings. The lowest BCUT2D eigenvalue weighted by atomic mass is 10.3. The normalized spacial score (nSPS) is 10.1. The molecule has 0 bridgehead atoms. The van der Waals surface area contributed by atoms with Crippen molar-refractivity contribution >= 4 is 21.6 Å². The second-order valence-electron chi connectivity index (χ2n) is 3.28. The zero-order valence-corrected chi connectivity index (χ0v) is 10.4. The van der Waals surface area contributed by atoms with E-state index in [0.717, 1.165) is 6.20 Å². The molecule has 2 rings (SSSR count). The minimum atomic E-state index is -0.597. The molecule has 92 valence electrons. The Morgan fingerprint density at radius 2 is 2.11 bits per heavy atom. The molecule has 0 aliphatic heterocycles. The van der Waals surface area contributed by atoms with E-state index in [4.69, 9.17) is 4.74 Å². The van der Waals surface area contributed by atoms with Gasteiger partial charge < -0.3 is 4.74 Å². The van der Waals surface area contributed by atoms with Crippen LogP contribution in [0.4, 0.5) is 10.1 Å². The SMILES string of the molecule is O=[N+]([O-])c1cnccc1Oc1ccc(F)cc1Br. The summed E-state index contributed by atoms with van der Waals surface area (Å²) in [6.45, 7) is 0. The number of nitro groups is 1. The van der Waals surface area contributed by atoms with Crippen LogP contribution in [0.25, 0.3) is 0 Å². The fourth-order valence-electron chi connectivity index (χ4n) is 1.27. The maximum atomic E-state index is 12.9. The Bertz CT molecular complexity index is 607. The van der Waals surface area contributed by atoms with Crippen LogP contribution in [-0.4, -0.2) is 9.91 Å². The summed E-state index contributed by atoms with van der Waals surface area (Å²) in [5.74, 6) is -0.105. The number of pyridine rings is 1. The maximum Gasteiger partial charge on any atom is 0.329 e. The third kappa shape index (κ3) is 2.62. The van der Waals surface area contributed by atoms with E-state index >= 15 is 0 Å². The molecule has 0 fully saturated rings. The van der Waals surface area contributed by atoms with Gasteiger partial charge >= 0.3 is 5.69 Å². The first-order chi connectivity index (χ1) is 8.58. The lowest BCUT2D eigenvalue weighted by molar-refractivity contribution is -0.386. The van der Waals surface area contributed by atoms with Gasteiger partial charge in [0.25, 0.3) is 0 Å². The highest BCUT2D eigenvalue weighted by Crippen LogP contribution is 2.34. The second kappa shape index (κ2) is 5.09. The van der Waals surface area contributed by atoms with Gasteiger partial charge in [-0.15, -0.1) is 0 Å². The van der Waals surface area contributed by atoms with Crippen LogP contribution >= 0.6 is 15.9 Å². The van der Waals surface area contributed by atoms with Gasteiger partial charge in [-0.2, -0.15) is 0 Å². The summed E-state index contributed by atoms with van der Waals surface area (Å²) in [6.07, 6.45) is 2.46. The van der Waals surface area contributed by atoms with Crippen LogP contribution in [0.1, 0.15) is 0 Å². The largest absolute Gasteiger partial charge is 0.449 e. The highest BCUT2D eigenvalue weighted by molar-refractivity contribution is 9.10. The summed E-state index contributed by atoms with van der Waals surface area (Å²) in [4.78, 5) is 13.8. The zero-order chi connectivity index (χ0) is 13.1. The predicted octanol–water partition coefficient (Wildman–Crippen LogP) is 3.68. The molecule has 0 N–H and O–H groups in total. The number of benzene rings is 1. The number of nitrogens with zero attached hydrogens (tertiary/aromatic N) is 2. The van der Waals surface area contributed by atoms with Crippen molar-refractivity contribution < 1.29 is 14.1 Å².